The third-order valence-corrected chi connectivity index (χ3v) is 3.07. The quantitative estimate of drug-likeness (QED) is 0.697. The van der Waals surface area contributed by atoms with Crippen molar-refractivity contribution in [3.8, 4) is 5.75 Å². The SMILES string of the molecule is CCCN(CC(=O)O)C(=O)Cc1cccc(OCC(=O)NC)c1. The van der Waals surface area contributed by atoms with Gasteiger partial charge in [0.05, 0.1) is 6.42 Å². The zero-order valence-corrected chi connectivity index (χ0v) is 13.4. The molecule has 126 valence electrons. The lowest BCUT2D eigenvalue weighted by atomic mass is 10.1. The van der Waals surface area contributed by atoms with E-state index >= 15 is 0 Å². The fourth-order valence-corrected chi connectivity index (χ4v) is 1.98. The lowest BCUT2D eigenvalue weighted by molar-refractivity contribution is -0.144. The molecule has 0 saturated heterocycles. The molecule has 1 aromatic carbocycles. The van der Waals surface area contributed by atoms with E-state index in [0.717, 1.165) is 0 Å². The van der Waals surface area contributed by atoms with Gasteiger partial charge in [0, 0.05) is 13.6 Å². The van der Waals surface area contributed by atoms with Gasteiger partial charge >= 0.3 is 5.97 Å². The molecule has 23 heavy (non-hydrogen) atoms. The molecule has 0 bridgehead atoms. The molecule has 1 rings (SSSR count). The van der Waals surface area contributed by atoms with E-state index in [1.54, 1.807) is 24.3 Å². The van der Waals surface area contributed by atoms with Crippen molar-refractivity contribution in [1.29, 1.82) is 0 Å². The second-order valence-electron chi connectivity index (χ2n) is 5.00. The first-order valence-corrected chi connectivity index (χ1v) is 7.38. The third-order valence-electron chi connectivity index (χ3n) is 3.07. The van der Waals surface area contributed by atoms with E-state index in [-0.39, 0.29) is 31.4 Å². The monoisotopic (exact) mass is 322 g/mol. The number of carbonyl (C=O) groups is 3. The molecule has 0 saturated carbocycles. The summed E-state index contributed by atoms with van der Waals surface area (Å²) in [5.74, 6) is -1.05. The fourth-order valence-electron chi connectivity index (χ4n) is 1.98. The zero-order chi connectivity index (χ0) is 17.2. The summed E-state index contributed by atoms with van der Waals surface area (Å²) in [7, 11) is 1.52. The van der Waals surface area contributed by atoms with Gasteiger partial charge in [-0.1, -0.05) is 19.1 Å². The number of ether oxygens (including phenoxy) is 1. The number of benzene rings is 1. The Labute approximate surface area is 135 Å². The van der Waals surface area contributed by atoms with Crippen molar-refractivity contribution < 1.29 is 24.2 Å². The third kappa shape index (κ3) is 6.82. The molecule has 0 aliphatic heterocycles. The van der Waals surface area contributed by atoms with Crippen LogP contribution in [-0.4, -0.2) is 54.5 Å². The number of nitrogens with zero attached hydrogens (tertiary/aromatic N) is 1. The largest absolute Gasteiger partial charge is 0.484 e. The summed E-state index contributed by atoms with van der Waals surface area (Å²) >= 11 is 0. The summed E-state index contributed by atoms with van der Waals surface area (Å²) in [4.78, 5) is 35.5. The van der Waals surface area contributed by atoms with Crippen molar-refractivity contribution >= 4 is 17.8 Å². The van der Waals surface area contributed by atoms with Crippen LogP contribution in [0.5, 0.6) is 5.75 Å². The first-order valence-electron chi connectivity index (χ1n) is 7.38. The number of amides is 2. The number of carboxylic acids is 1. The van der Waals surface area contributed by atoms with E-state index in [9.17, 15) is 14.4 Å². The number of aliphatic carboxylic acids is 1. The molecule has 7 heteroatoms. The highest BCUT2D eigenvalue weighted by Gasteiger charge is 2.16. The Balaban J connectivity index is 2.69. The summed E-state index contributed by atoms with van der Waals surface area (Å²) in [6.07, 6.45) is 0.777. The van der Waals surface area contributed by atoms with Crippen molar-refractivity contribution in [2.24, 2.45) is 0 Å². The van der Waals surface area contributed by atoms with Crippen molar-refractivity contribution in [2.45, 2.75) is 19.8 Å². The van der Waals surface area contributed by atoms with Gasteiger partial charge < -0.3 is 20.1 Å². The summed E-state index contributed by atoms with van der Waals surface area (Å²) < 4.78 is 5.32. The summed E-state index contributed by atoms with van der Waals surface area (Å²) in [6.45, 7) is 1.88. The first kappa shape index (κ1) is 18.5. The molecule has 0 fully saturated rings. The van der Waals surface area contributed by atoms with Gasteiger partial charge in [0.2, 0.25) is 5.91 Å². The van der Waals surface area contributed by atoms with Gasteiger partial charge in [-0.3, -0.25) is 14.4 Å². The molecule has 0 unspecified atom stereocenters. The molecular weight excluding hydrogens is 300 g/mol. The van der Waals surface area contributed by atoms with Crippen molar-refractivity contribution in [1.82, 2.24) is 10.2 Å². The Hall–Kier alpha value is -2.57. The Morgan fingerprint density at radius 1 is 1.30 bits per heavy atom. The van der Waals surface area contributed by atoms with E-state index < -0.39 is 5.97 Å². The van der Waals surface area contributed by atoms with Crippen LogP contribution in [0.2, 0.25) is 0 Å². The van der Waals surface area contributed by atoms with E-state index in [1.807, 2.05) is 6.92 Å². The molecule has 7 nitrogen and oxygen atoms in total. The molecule has 2 amide bonds. The smallest absolute Gasteiger partial charge is 0.323 e. The number of rotatable bonds is 9. The van der Waals surface area contributed by atoms with Crippen LogP contribution in [0.25, 0.3) is 0 Å². The fraction of sp³-hybridized carbons (Fsp3) is 0.438. The minimum absolute atomic E-state index is 0.0878. The predicted octanol–water partition coefficient (Wildman–Crippen LogP) is 0.677. The van der Waals surface area contributed by atoms with Crippen LogP contribution in [0.4, 0.5) is 0 Å². The Morgan fingerprint density at radius 2 is 2.04 bits per heavy atom. The van der Waals surface area contributed by atoms with Gasteiger partial charge in [0.25, 0.3) is 5.91 Å². The average Bonchev–Trinajstić information content (AvgIpc) is 2.52. The number of hydrogen-bond acceptors (Lipinski definition) is 4. The summed E-state index contributed by atoms with van der Waals surface area (Å²) in [5.41, 5.74) is 0.705. The van der Waals surface area contributed by atoms with Crippen LogP contribution in [0, 0.1) is 0 Å². The predicted molar refractivity (Wildman–Crippen MR) is 84.2 cm³/mol. The van der Waals surface area contributed by atoms with Gasteiger partial charge in [-0.2, -0.15) is 0 Å². The maximum atomic E-state index is 12.2. The summed E-state index contributed by atoms with van der Waals surface area (Å²) in [5, 5.41) is 11.3. The van der Waals surface area contributed by atoms with Crippen LogP contribution in [0.15, 0.2) is 24.3 Å². The van der Waals surface area contributed by atoms with Crippen molar-refractivity contribution in [3.63, 3.8) is 0 Å². The first-order chi connectivity index (χ1) is 11.0. The van der Waals surface area contributed by atoms with Crippen LogP contribution in [0.3, 0.4) is 0 Å². The van der Waals surface area contributed by atoms with Crippen molar-refractivity contribution in [2.75, 3.05) is 26.7 Å². The molecule has 0 aliphatic carbocycles. The molecule has 0 radical (unpaired) electrons. The second-order valence-corrected chi connectivity index (χ2v) is 5.00. The molecule has 2 N–H and O–H groups in total. The van der Waals surface area contributed by atoms with Gasteiger partial charge in [-0.05, 0) is 24.1 Å². The zero-order valence-electron chi connectivity index (χ0n) is 13.4. The normalized spacial score (nSPS) is 10.0. The molecule has 0 aliphatic rings. The number of carboxylic acid groups (broad SMARTS) is 1. The molecule has 0 atom stereocenters. The van der Waals surface area contributed by atoms with E-state index in [4.69, 9.17) is 9.84 Å². The minimum atomic E-state index is -1.03. The summed E-state index contributed by atoms with van der Waals surface area (Å²) in [6, 6.07) is 6.85. The molecular formula is C16H22N2O5. The Morgan fingerprint density at radius 3 is 2.65 bits per heavy atom. The Kier molecular flexibility index (Phi) is 7.59. The maximum Gasteiger partial charge on any atom is 0.323 e. The van der Waals surface area contributed by atoms with E-state index in [1.165, 1.54) is 11.9 Å². The van der Waals surface area contributed by atoms with Crippen LogP contribution < -0.4 is 10.1 Å². The average molecular weight is 322 g/mol. The Bertz CT molecular complexity index is 559. The van der Waals surface area contributed by atoms with Crippen LogP contribution in [-0.2, 0) is 20.8 Å². The maximum absolute atomic E-state index is 12.2. The van der Waals surface area contributed by atoms with Crippen LogP contribution >= 0.6 is 0 Å². The lowest BCUT2D eigenvalue weighted by Gasteiger charge is -2.20. The topological polar surface area (TPSA) is 95.9 Å². The number of carbonyl (C=O) groups excluding carboxylic acids is 2. The van der Waals surface area contributed by atoms with Gasteiger partial charge in [0.1, 0.15) is 12.3 Å². The van der Waals surface area contributed by atoms with Gasteiger partial charge in [-0.15, -0.1) is 0 Å². The van der Waals surface area contributed by atoms with E-state index in [2.05, 4.69) is 5.32 Å². The molecule has 0 spiro atoms. The number of nitrogens with one attached hydrogen (secondary N) is 1. The second kappa shape index (κ2) is 9.45. The highest BCUT2D eigenvalue weighted by atomic mass is 16.5. The molecule has 0 heterocycles. The highest BCUT2D eigenvalue weighted by molar-refractivity contribution is 5.83. The number of hydrogen-bond donors (Lipinski definition) is 2. The number of likely N-dealkylation sites (N-methyl/N-ethyl adjacent to an activating group) is 1. The van der Waals surface area contributed by atoms with Gasteiger partial charge in [-0.25, -0.2) is 0 Å². The van der Waals surface area contributed by atoms with Crippen molar-refractivity contribution in [3.05, 3.63) is 29.8 Å². The molecule has 1 aromatic rings. The molecule has 0 aromatic heterocycles. The standard InChI is InChI=1S/C16H22N2O5/c1-3-7-18(10-16(21)22)15(20)9-12-5-4-6-13(8-12)23-11-14(19)17-2/h4-6,8H,3,7,9-11H2,1-2H3,(H,17,19)(H,21,22). The highest BCUT2D eigenvalue weighted by Crippen LogP contribution is 2.14. The lowest BCUT2D eigenvalue weighted by Crippen LogP contribution is -2.37. The minimum Gasteiger partial charge on any atom is -0.484 e. The van der Waals surface area contributed by atoms with Gasteiger partial charge in [0.15, 0.2) is 6.61 Å². The van der Waals surface area contributed by atoms with Crippen LogP contribution in [0.1, 0.15) is 18.9 Å². The van der Waals surface area contributed by atoms with E-state index in [0.29, 0.717) is 24.3 Å².